The molecule has 84 valence electrons. The fraction of sp³-hybridized carbons (Fsp3) is 0.500. The van der Waals surface area contributed by atoms with Crippen molar-refractivity contribution in [3.05, 3.63) is 17.5 Å². The molecule has 1 rings (SSSR count). The lowest BCUT2D eigenvalue weighted by atomic mass is 10.4. The normalized spacial score (nSPS) is 11.6. The summed E-state index contributed by atoms with van der Waals surface area (Å²) in [5, 5.41) is 3.55. The van der Waals surface area contributed by atoms with Gasteiger partial charge in [0.25, 0.3) is 0 Å². The van der Waals surface area contributed by atoms with Crippen LogP contribution in [0.1, 0.15) is 18.4 Å². The van der Waals surface area contributed by atoms with E-state index in [0.717, 1.165) is 0 Å². The van der Waals surface area contributed by atoms with Crippen LogP contribution in [0.2, 0.25) is 0 Å². The van der Waals surface area contributed by atoms with Gasteiger partial charge in [-0.3, -0.25) is 4.79 Å². The van der Waals surface area contributed by atoms with E-state index in [9.17, 15) is 13.2 Å². The minimum absolute atomic E-state index is 0.195. The number of aryl methyl sites for hydroxylation is 1. The first-order chi connectivity index (χ1) is 6.89. The van der Waals surface area contributed by atoms with E-state index in [4.69, 9.17) is 4.52 Å². The second-order valence-electron chi connectivity index (χ2n) is 3.21. The van der Waals surface area contributed by atoms with Gasteiger partial charge >= 0.3 is 0 Å². The molecule has 0 aliphatic rings. The van der Waals surface area contributed by atoms with Gasteiger partial charge in [0.05, 0.1) is 6.54 Å². The molecule has 0 aromatic carbocycles. The second kappa shape index (κ2) is 4.54. The highest BCUT2D eigenvalue weighted by atomic mass is 32.2. The molecule has 0 saturated carbocycles. The van der Waals surface area contributed by atoms with Crippen LogP contribution < -0.4 is 4.72 Å². The van der Waals surface area contributed by atoms with Crippen molar-refractivity contribution in [1.29, 1.82) is 0 Å². The number of carbonyl (C=O) groups is 1. The summed E-state index contributed by atoms with van der Waals surface area (Å²) < 4.78 is 29.6. The maximum atomic E-state index is 11.4. The molecule has 0 fully saturated rings. The highest BCUT2D eigenvalue weighted by Gasteiger charge is 2.14. The van der Waals surface area contributed by atoms with Crippen LogP contribution in [0.3, 0.4) is 0 Å². The van der Waals surface area contributed by atoms with Gasteiger partial charge in [0, 0.05) is 6.07 Å². The summed E-state index contributed by atoms with van der Waals surface area (Å²) >= 11 is 0. The minimum atomic E-state index is -3.51. The molecule has 1 aromatic rings. The number of carbonyl (C=O) groups excluding carboxylic acids is 1. The molecule has 1 aromatic heterocycles. The van der Waals surface area contributed by atoms with Crippen molar-refractivity contribution in [2.24, 2.45) is 0 Å². The molecule has 0 aliphatic heterocycles. The van der Waals surface area contributed by atoms with Gasteiger partial charge in [-0.15, -0.1) is 0 Å². The molecule has 0 spiro atoms. The molecular weight excluding hydrogens is 220 g/mol. The van der Waals surface area contributed by atoms with Gasteiger partial charge in [-0.05, 0) is 13.8 Å². The van der Waals surface area contributed by atoms with E-state index < -0.39 is 10.0 Å². The topological polar surface area (TPSA) is 89.3 Å². The Bertz CT molecular complexity index is 449. The van der Waals surface area contributed by atoms with Crippen molar-refractivity contribution in [2.75, 3.05) is 6.54 Å². The van der Waals surface area contributed by atoms with Crippen LogP contribution in [-0.4, -0.2) is 25.9 Å². The van der Waals surface area contributed by atoms with Crippen LogP contribution in [0.15, 0.2) is 10.6 Å². The number of aromatic nitrogens is 1. The monoisotopic (exact) mass is 232 g/mol. The number of Topliss-reactive ketones (excluding diaryl/α,β-unsaturated/α-hetero) is 1. The molecule has 0 radical (unpaired) electrons. The maximum absolute atomic E-state index is 11.4. The Kier molecular flexibility index (Phi) is 3.59. The first kappa shape index (κ1) is 11.9. The SMILES string of the molecule is CC(=O)CNS(=O)(=O)Cc1cc(C)on1. The molecule has 0 amide bonds. The van der Waals surface area contributed by atoms with Gasteiger partial charge in [-0.25, -0.2) is 13.1 Å². The number of ketones is 1. The lowest BCUT2D eigenvalue weighted by Crippen LogP contribution is -2.29. The zero-order chi connectivity index (χ0) is 11.5. The van der Waals surface area contributed by atoms with Crippen molar-refractivity contribution in [1.82, 2.24) is 9.88 Å². The average Bonchev–Trinajstić information content (AvgIpc) is 2.47. The van der Waals surface area contributed by atoms with E-state index in [0.29, 0.717) is 11.5 Å². The summed E-state index contributed by atoms with van der Waals surface area (Å²) in [6.07, 6.45) is 0. The third-order valence-electron chi connectivity index (χ3n) is 1.56. The number of sulfonamides is 1. The van der Waals surface area contributed by atoms with E-state index in [2.05, 4.69) is 9.88 Å². The van der Waals surface area contributed by atoms with Gasteiger partial charge in [0.2, 0.25) is 10.0 Å². The van der Waals surface area contributed by atoms with E-state index >= 15 is 0 Å². The highest BCUT2D eigenvalue weighted by molar-refractivity contribution is 7.88. The fourth-order valence-electron chi connectivity index (χ4n) is 0.943. The predicted molar refractivity (Wildman–Crippen MR) is 52.5 cm³/mol. The quantitative estimate of drug-likeness (QED) is 0.771. The summed E-state index contributed by atoms with van der Waals surface area (Å²) in [5.74, 6) is 0.0270. The zero-order valence-corrected chi connectivity index (χ0v) is 9.30. The first-order valence-electron chi connectivity index (χ1n) is 4.28. The third-order valence-corrected chi connectivity index (χ3v) is 2.82. The Balaban J connectivity index is 2.60. The van der Waals surface area contributed by atoms with Crippen LogP contribution >= 0.6 is 0 Å². The van der Waals surface area contributed by atoms with Crippen LogP contribution in [0, 0.1) is 6.92 Å². The first-order valence-corrected chi connectivity index (χ1v) is 5.93. The highest BCUT2D eigenvalue weighted by Crippen LogP contribution is 2.05. The van der Waals surface area contributed by atoms with Crippen molar-refractivity contribution in [3.63, 3.8) is 0 Å². The van der Waals surface area contributed by atoms with Crippen LogP contribution in [-0.2, 0) is 20.6 Å². The Morgan fingerprint density at radius 2 is 2.27 bits per heavy atom. The number of hydrogen-bond donors (Lipinski definition) is 1. The van der Waals surface area contributed by atoms with Gasteiger partial charge in [0.1, 0.15) is 23.0 Å². The molecule has 15 heavy (non-hydrogen) atoms. The maximum Gasteiger partial charge on any atom is 0.217 e. The smallest absolute Gasteiger partial charge is 0.217 e. The van der Waals surface area contributed by atoms with E-state index in [1.165, 1.54) is 13.0 Å². The molecule has 1 heterocycles. The summed E-state index contributed by atoms with van der Waals surface area (Å²) in [5.41, 5.74) is 0.323. The zero-order valence-electron chi connectivity index (χ0n) is 8.48. The Labute approximate surface area is 87.7 Å². The Morgan fingerprint density at radius 1 is 1.60 bits per heavy atom. The summed E-state index contributed by atoms with van der Waals surface area (Å²) in [4.78, 5) is 10.6. The van der Waals surface area contributed by atoms with Gasteiger partial charge < -0.3 is 4.52 Å². The molecule has 0 saturated heterocycles. The lowest BCUT2D eigenvalue weighted by Gasteiger charge is -2.01. The molecule has 1 N–H and O–H groups in total. The van der Waals surface area contributed by atoms with Crippen molar-refractivity contribution < 1.29 is 17.7 Å². The van der Waals surface area contributed by atoms with Crippen molar-refractivity contribution >= 4 is 15.8 Å². The molecule has 0 aliphatic carbocycles. The summed E-state index contributed by atoms with van der Waals surface area (Å²) in [7, 11) is -3.51. The molecular formula is C8H12N2O4S. The summed E-state index contributed by atoms with van der Waals surface area (Å²) in [6.45, 7) is 2.79. The molecule has 7 heteroatoms. The van der Waals surface area contributed by atoms with E-state index in [1.54, 1.807) is 6.92 Å². The fourth-order valence-corrected chi connectivity index (χ4v) is 1.99. The standard InChI is InChI=1S/C8H12N2O4S/c1-6(11)4-9-15(12,13)5-8-3-7(2)14-10-8/h3,9H,4-5H2,1-2H3. The predicted octanol–water partition coefficient (Wildman–Crippen LogP) is -0.00858. The van der Waals surface area contributed by atoms with Crippen molar-refractivity contribution in [2.45, 2.75) is 19.6 Å². The van der Waals surface area contributed by atoms with Crippen LogP contribution in [0.5, 0.6) is 0 Å². The number of nitrogens with one attached hydrogen (secondary N) is 1. The third kappa shape index (κ3) is 4.22. The molecule has 0 atom stereocenters. The second-order valence-corrected chi connectivity index (χ2v) is 5.02. The van der Waals surface area contributed by atoms with Gasteiger partial charge in [-0.2, -0.15) is 0 Å². The van der Waals surface area contributed by atoms with Gasteiger partial charge in [-0.1, -0.05) is 5.16 Å². The number of hydrogen-bond acceptors (Lipinski definition) is 5. The van der Waals surface area contributed by atoms with E-state index in [1.807, 2.05) is 0 Å². The van der Waals surface area contributed by atoms with E-state index in [-0.39, 0.29) is 18.1 Å². The Hall–Kier alpha value is -1.21. The molecule has 0 unspecified atom stereocenters. The van der Waals surface area contributed by atoms with Crippen LogP contribution in [0.25, 0.3) is 0 Å². The largest absolute Gasteiger partial charge is 0.361 e. The van der Waals surface area contributed by atoms with Crippen molar-refractivity contribution in [3.8, 4) is 0 Å². The molecule has 0 bridgehead atoms. The minimum Gasteiger partial charge on any atom is -0.361 e. The number of rotatable bonds is 5. The lowest BCUT2D eigenvalue weighted by molar-refractivity contribution is -0.115. The number of nitrogens with zero attached hydrogens (tertiary/aromatic N) is 1. The average molecular weight is 232 g/mol. The van der Waals surface area contributed by atoms with Gasteiger partial charge in [0.15, 0.2) is 0 Å². The Morgan fingerprint density at radius 3 is 2.73 bits per heavy atom. The van der Waals surface area contributed by atoms with Crippen LogP contribution in [0.4, 0.5) is 0 Å². The molecule has 6 nitrogen and oxygen atoms in total. The summed E-state index contributed by atoms with van der Waals surface area (Å²) in [6, 6.07) is 1.53.